The summed E-state index contributed by atoms with van der Waals surface area (Å²) in [7, 11) is 1.55. The molecule has 2 aromatic heterocycles. The molecule has 1 aliphatic heterocycles. The molecule has 0 saturated heterocycles. The average Bonchev–Trinajstić information content (AvgIpc) is 3.62. The number of carbonyl (C=O) groups is 3. The van der Waals surface area contributed by atoms with Gasteiger partial charge in [-0.15, -0.1) is 11.3 Å². The molecule has 0 aliphatic carbocycles. The van der Waals surface area contributed by atoms with Crippen molar-refractivity contribution in [2.24, 2.45) is 0 Å². The third-order valence-electron chi connectivity index (χ3n) is 7.78. The van der Waals surface area contributed by atoms with Crippen molar-refractivity contribution in [2.45, 2.75) is 6.92 Å². The van der Waals surface area contributed by atoms with Gasteiger partial charge in [0.1, 0.15) is 10.6 Å². The van der Waals surface area contributed by atoms with Crippen LogP contribution in [0.5, 0.6) is 5.75 Å². The van der Waals surface area contributed by atoms with Crippen molar-refractivity contribution in [3.05, 3.63) is 119 Å². The van der Waals surface area contributed by atoms with Crippen molar-refractivity contribution in [3.63, 3.8) is 0 Å². The largest absolute Gasteiger partial charge is 0.495 e. The zero-order chi connectivity index (χ0) is 29.7. The van der Waals surface area contributed by atoms with Gasteiger partial charge < -0.3 is 9.64 Å². The molecule has 0 saturated carbocycles. The van der Waals surface area contributed by atoms with Crippen molar-refractivity contribution in [1.82, 2.24) is 14.7 Å². The van der Waals surface area contributed by atoms with E-state index in [1.165, 1.54) is 16.2 Å². The first-order chi connectivity index (χ1) is 21.0. The van der Waals surface area contributed by atoms with Gasteiger partial charge in [-0.3, -0.25) is 19.3 Å². The summed E-state index contributed by atoms with van der Waals surface area (Å²) in [5, 5.41) is 7.10. The number of para-hydroxylation sites is 3. The monoisotopic (exact) mass is 586 g/mol. The van der Waals surface area contributed by atoms with Gasteiger partial charge in [0.25, 0.3) is 17.7 Å². The second-order valence-corrected chi connectivity index (χ2v) is 11.3. The summed E-state index contributed by atoms with van der Waals surface area (Å²) < 4.78 is 7.47. The van der Waals surface area contributed by atoms with Crippen LogP contribution in [0.2, 0.25) is 0 Å². The number of nitrogens with zero attached hydrogens (tertiary/aromatic N) is 4. The van der Waals surface area contributed by atoms with Gasteiger partial charge in [0, 0.05) is 35.0 Å². The summed E-state index contributed by atoms with van der Waals surface area (Å²) >= 11 is 1.35. The first-order valence-electron chi connectivity index (χ1n) is 13.8. The minimum absolute atomic E-state index is 0.00783. The summed E-state index contributed by atoms with van der Waals surface area (Å²) in [5.74, 6) is -0.497. The van der Waals surface area contributed by atoms with Gasteiger partial charge in [-0.1, -0.05) is 54.6 Å². The van der Waals surface area contributed by atoms with Crippen LogP contribution in [-0.2, 0) is 0 Å². The Kier molecular flexibility index (Phi) is 6.51. The molecule has 3 amide bonds. The van der Waals surface area contributed by atoms with Gasteiger partial charge >= 0.3 is 0 Å². The van der Waals surface area contributed by atoms with E-state index < -0.39 is 0 Å². The number of aryl methyl sites for hydroxylation is 1. The van der Waals surface area contributed by atoms with E-state index in [2.05, 4.69) is 0 Å². The number of methoxy groups -OCH3 is 1. The van der Waals surface area contributed by atoms with E-state index in [-0.39, 0.29) is 30.8 Å². The third-order valence-corrected chi connectivity index (χ3v) is 8.88. The van der Waals surface area contributed by atoms with Crippen LogP contribution in [0.1, 0.15) is 36.1 Å². The Balaban J connectivity index is 1.26. The fourth-order valence-electron chi connectivity index (χ4n) is 5.70. The molecule has 43 heavy (non-hydrogen) atoms. The maximum absolute atomic E-state index is 14.3. The molecule has 9 heteroatoms. The highest BCUT2D eigenvalue weighted by Crippen LogP contribution is 2.35. The molecule has 0 atom stereocenters. The Morgan fingerprint density at radius 3 is 2.26 bits per heavy atom. The van der Waals surface area contributed by atoms with Crippen LogP contribution in [0.15, 0.2) is 97.1 Å². The maximum Gasteiger partial charge on any atom is 0.268 e. The highest BCUT2D eigenvalue weighted by atomic mass is 32.1. The minimum Gasteiger partial charge on any atom is -0.495 e. The molecule has 0 spiro atoms. The number of hydrogen-bond acceptors (Lipinski definition) is 6. The molecule has 3 heterocycles. The van der Waals surface area contributed by atoms with Crippen LogP contribution < -0.4 is 9.64 Å². The van der Waals surface area contributed by atoms with E-state index in [1.807, 2.05) is 84.4 Å². The summed E-state index contributed by atoms with van der Waals surface area (Å²) in [5.41, 5.74) is 3.23. The molecule has 0 radical (unpaired) electrons. The predicted molar refractivity (Wildman–Crippen MR) is 168 cm³/mol. The Morgan fingerprint density at radius 2 is 1.56 bits per heavy atom. The molecule has 7 rings (SSSR count). The number of ether oxygens (including phenoxy) is 1. The second kappa shape index (κ2) is 10.5. The summed E-state index contributed by atoms with van der Waals surface area (Å²) in [4.78, 5) is 45.7. The quantitative estimate of drug-likeness (QED) is 0.199. The van der Waals surface area contributed by atoms with E-state index in [4.69, 9.17) is 9.84 Å². The molecule has 6 aromatic rings. The lowest BCUT2D eigenvalue weighted by Gasteiger charge is -2.30. The van der Waals surface area contributed by atoms with E-state index in [0.717, 1.165) is 27.0 Å². The Labute approximate surface area is 251 Å². The van der Waals surface area contributed by atoms with Gasteiger partial charge in [-0.2, -0.15) is 5.10 Å². The number of rotatable bonds is 7. The van der Waals surface area contributed by atoms with E-state index in [0.29, 0.717) is 32.8 Å². The van der Waals surface area contributed by atoms with Crippen LogP contribution in [0.25, 0.3) is 26.7 Å². The van der Waals surface area contributed by atoms with Crippen LogP contribution in [-0.4, -0.2) is 52.6 Å². The van der Waals surface area contributed by atoms with Crippen molar-refractivity contribution in [1.29, 1.82) is 0 Å². The van der Waals surface area contributed by atoms with Gasteiger partial charge in [-0.05, 0) is 54.8 Å². The standard InChI is InChI=1S/C34H26N4O4S/c1-21-26-20-29(43-34(26)38(35-21)23-12-4-3-5-13-23)33(41)36(27-16-6-7-17-28(27)42-2)18-19-37-31(39)24-14-8-10-22-11-9-15-25(30(22)24)32(37)40/h3-17,20H,18-19H2,1-2H3. The predicted octanol–water partition coefficient (Wildman–Crippen LogP) is 6.50. The SMILES string of the molecule is COc1ccccc1N(CCN1C(=O)c2cccc3cccc(c23)C1=O)C(=O)c1cc2c(C)nn(-c3ccccc3)c2s1. The van der Waals surface area contributed by atoms with Crippen LogP contribution in [0.4, 0.5) is 5.69 Å². The van der Waals surface area contributed by atoms with Gasteiger partial charge in [0.2, 0.25) is 0 Å². The van der Waals surface area contributed by atoms with Crippen molar-refractivity contribution in [3.8, 4) is 11.4 Å². The molecule has 0 unspecified atom stereocenters. The van der Waals surface area contributed by atoms with Gasteiger partial charge in [0.05, 0.1) is 29.1 Å². The lowest BCUT2D eigenvalue weighted by molar-refractivity contribution is 0.0611. The zero-order valence-electron chi connectivity index (χ0n) is 23.5. The fraction of sp³-hybridized carbons (Fsp3) is 0.118. The first-order valence-corrected chi connectivity index (χ1v) is 14.7. The number of amides is 3. The van der Waals surface area contributed by atoms with Crippen molar-refractivity contribution < 1.29 is 19.1 Å². The number of benzene rings is 4. The molecule has 0 fully saturated rings. The number of carbonyl (C=O) groups excluding carboxylic acids is 3. The number of aromatic nitrogens is 2. The molecule has 8 nitrogen and oxygen atoms in total. The van der Waals surface area contributed by atoms with Crippen molar-refractivity contribution >= 4 is 55.7 Å². The zero-order valence-corrected chi connectivity index (χ0v) is 24.3. The molecular weight excluding hydrogens is 560 g/mol. The van der Waals surface area contributed by atoms with Crippen LogP contribution >= 0.6 is 11.3 Å². The van der Waals surface area contributed by atoms with Gasteiger partial charge in [-0.25, -0.2) is 4.68 Å². The number of fused-ring (bicyclic) bond motifs is 1. The highest BCUT2D eigenvalue weighted by molar-refractivity contribution is 7.20. The normalized spacial score (nSPS) is 12.7. The Bertz CT molecular complexity index is 2010. The summed E-state index contributed by atoms with van der Waals surface area (Å²) in [6, 6.07) is 29.8. The summed E-state index contributed by atoms with van der Waals surface area (Å²) in [6.07, 6.45) is 0. The molecule has 0 bridgehead atoms. The lowest BCUT2D eigenvalue weighted by Crippen LogP contribution is -2.46. The molecule has 1 aliphatic rings. The Hall–Kier alpha value is -5.28. The minimum atomic E-state index is -0.373. The number of imide groups is 1. The number of thiophene rings is 1. The number of anilines is 1. The Morgan fingerprint density at radius 1 is 0.884 bits per heavy atom. The van der Waals surface area contributed by atoms with E-state index in [9.17, 15) is 14.4 Å². The smallest absolute Gasteiger partial charge is 0.268 e. The first kappa shape index (κ1) is 26.6. The third kappa shape index (κ3) is 4.36. The highest BCUT2D eigenvalue weighted by Gasteiger charge is 2.34. The van der Waals surface area contributed by atoms with Crippen molar-refractivity contribution in [2.75, 3.05) is 25.1 Å². The molecule has 212 valence electrons. The van der Waals surface area contributed by atoms with Crippen LogP contribution in [0, 0.1) is 6.92 Å². The number of hydrogen-bond donors (Lipinski definition) is 0. The molecule has 4 aromatic carbocycles. The second-order valence-electron chi connectivity index (χ2n) is 10.3. The topological polar surface area (TPSA) is 84.7 Å². The van der Waals surface area contributed by atoms with E-state index in [1.54, 1.807) is 36.3 Å². The maximum atomic E-state index is 14.3. The summed E-state index contributed by atoms with van der Waals surface area (Å²) in [6.45, 7) is 2.01. The van der Waals surface area contributed by atoms with Crippen LogP contribution in [0.3, 0.4) is 0 Å². The molecule has 0 N–H and O–H groups in total. The van der Waals surface area contributed by atoms with E-state index >= 15 is 0 Å². The lowest BCUT2D eigenvalue weighted by atomic mass is 9.94. The fourth-order valence-corrected chi connectivity index (χ4v) is 6.83. The molecular formula is C34H26N4O4S. The average molecular weight is 587 g/mol. The van der Waals surface area contributed by atoms with Gasteiger partial charge in [0.15, 0.2) is 0 Å².